The molecule has 0 radical (unpaired) electrons. The molecule has 176 valence electrons. The number of hydrogen-bond donors (Lipinski definition) is 1. The van der Waals surface area contributed by atoms with Crippen LogP contribution in [0.4, 0.5) is 13.2 Å². The highest BCUT2D eigenvalue weighted by Gasteiger charge is 2.12. The Bertz CT molecular complexity index is 991. The van der Waals surface area contributed by atoms with Gasteiger partial charge in [-0.1, -0.05) is 89.2 Å². The smallest absolute Gasteiger partial charge is 0.133 e. The van der Waals surface area contributed by atoms with Crippen LogP contribution in [0.15, 0.2) is 92.2 Å². The van der Waals surface area contributed by atoms with Crippen molar-refractivity contribution in [3.05, 3.63) is 110 Å². The first-order valence-electron chi connectivity index (χ1n) is 10.9. The molecule has 3 rings (SSSR count). The van der Waals surface area contributed by atoms with Crippen LogP contribution in [0.3, 0.4) is 0 Å². The second-order valence-electron chi connectivity index (χ2n) is 8.47. The summed E-state index contributed by atoms with van der Waals surface area (Å²) in [4.78, 5) is 0. The van der Waals surface area contributed by atoms with Crippen LogP contribution in [0.25, 0.3) is 22.3 Å². The molecular formula is C29H34F3N. The van der Waals surface area contributed by atoms with Gasteiger partial charge in [-0.25, -0.2) is 13.2 Å². The maximum atomic E-state index is 13.8. The van der Waals surface area contributed by atoms with Crippen molar-refractivity contribution >= 4 is 0 Å². The molecule has 3 aromatic carbocycles. The van der Waals surface area contributed by atoms with Crippen LogP contribution in [0.1, 0.15) is 34.1 Å². The maximum absolute atomic E-state index is 13.8. The SMILES string of the molecule is C=CCNC=C.CCC(C)(C)C.Fc1ccccc1-c1cccc(-c2c(F)cccc2F)c1. The van der Waals surface area contributed by atoms with E-state index in [2.05, 4.69) is 46.2 Å². The normalized spacial score (nSPS) is 10.2. The lowest BCUT2D eigenvalue weighted by Gasteiger charge is -2.12. The number of rotatable bonds is 5. The van der Waals surface area contributed by atoms with E-state index in [0.29, 0.717) is 22.1 Å². The van der Waals surface area contributed by atoms with E-state index in [4.69, 9.17) is 0 Å². The van der Waals surface area contributed by atoms with Crippen LogP contribution < -0.4 is 5.32 Å². The molecule has 0 unspecified atom stereocenters. The third kappa shape index (κ3) is 9.82. The van der Waals surface area contributed by atoms with E-state index in [1.54, 1.807) is 54.7 Å². The Morgan fingerprint density at radius 3 is 1.79 bits per heavy atom. The first-order valence-corrected chi connectivity index (χ1v) is 10.9. The minimum Gasteiger partial charge on any atom is -0.388 e. The molecule has 0 atom stereocenters. The zero-order valence-electron chi connectivity index (χ0n) is 20.0. The molecule has 1 N–H and O–H groups in total. The monoisotopic (exact) mass is 453 g/mol. The molecule has 4 heteroatoms. The van der Waals surface area contributed by atoms with Crippen LogP contribution >= 0.6 is 0 Å². The van der Waals surface area contributed by atoms with Crippen molar-refractivity contribution in [3.8, 4) is 22.3 Å². The third-order valence-electron chi connectivity index (χ3n) is 4.77. The molecule has 0 saturated carbocycles. The molecule has 1 nitrogen and oxygen atoms in total. The van der Waals surface area contributed by atoms with Gasteiger partial charge in [-0.2, -0.15) is 0 Å². The minimum atomic E-state index is -0.638. The summed E-state index contributed by atoms with van der Waals surface area (Å²) in [5.74, 6) is -1.65. The molecule has 0 aliphatic heterocycles. The van der Waals surface area contributed by atoms with Gasteiger partial charge in [-0.3, -0.25) is 0 Å². The van der Waals surface area contributed by atoms with E-state index in [0.717, 1.165) is 6.54 Å². The van der Waals surface area contributed by atoms with Gasteiger partial charge in [0.15, 0.2) is 0 Å². The number of benzene rings is 3. The lowest BCUT2D eigenvalue weighted by atomic mass is 9.94. The molecule has 0 spiro atoms. The van der Waals surface area contributed by atoms with E-state index < -0.39 is 11.6 Å². The van der Waals surface area contributed by atoms with Crippen molar-refractivity contribution in [3.63, 3.8) is 0 Å². The van der Waals surface area contributed by atoms with Gasteiger partial charge < -0.3 is 5.32 Å². The Balaban J connectivity index is 0.000000377. The van der Waals surface area contributed by atoms with Gasteiger partial charge in [0.1, 0.15) is 17.5 Å². The van der Waals surface area contributed by atoms with E-state index in [-0.39, 0.29) is 11.4 Å². The first kappa shape index (κ1) is 27.8. The molecular weight excluding hydrogens is 419 g/mol. The zero-order chi connectivity index (χ0) is 24.9. The number of nitrogens with one attached hydrogen (secondary N) is 1. The summed E-state index contributed by atoms with van der Waals surface area (Å²) < 4.78 is 41.5. The lowest BCUT2D eigenvalue weighted by molar-refractivity contribution is 0.398. The van der Waals surface area contributed by atoms with Gasteiger partial charge >= 0.3 is 0 Å². The van der Waals surface area contributed by atoms with Crippen molar-refractivity contribution in [2.45, 2.75) is 34.1 Å². The Kier molecular flexibility index (Phi) is 11.8. The summed E-state index contributed by atoms with van der Waals surface area (Å²) in [6.07, 6.45) is 4.69. The summed E-state index contributed by atoms with van der Waals surface area (Å²) in [5.41, 5.74) is 1.80. The number of hydrogen-bond acceptors (Lipinski definition) is 1. The van der Waals surface area contributed by atoms with Gasteiger partial charge in [0.2, 0.25) is 0 Å². The summed E-state index contributed by atoms with van der Waals surface area (Å²) in [7, 11) is 0. The van der Waals surface area contributed by atoms with Crippen LogP contribution in [-0.2, 0) is 0 Å². The van der Waals surface area contributed by atoms with Gasteiger partial charge in [0.05, 0.1) is 5.56 Å². The minimum absolute atomic E-state index is 0.101. The summed E-state index contributed by atoms with van der Waals surface area (Å²) in [5, 5.41) is 2.84. The Labute approximate surface area is 196 Å². The van der Waals surface area contributed by atoms with Crippen molar-refractivity contribution in [1.29, 1.82) is 0 Å². The average molecular weight is 454 g/mol. The summed E-state index contributed by atoms with van der Waals surface area (Å²) >= 11 is 0. The van der Waals surface area contributed by atoms with Gasteiger partial charge in [-0.05, 0) is 47.0 Å². The summed E-state index contributed by atoms with van der Waals surface area (Å²) in [6, 6.07) is 16.6. The highest BCUT2D eigenvalue weighted by atomic mass is 19.1. The second-order valence-corrected chi connectivity index (χ2v) is 8.47. The Morgan fingerprint density at radius 1 is 0.788 bits per heavy atom. The maximum Gasteiger partial charge on any atom is 0.133 e. The standard InChI is InChI=1S/C18H11F3.C6H14.C5H9N/c19-15-8-2-1-7-14(15)12-5-3-6-13(11-12)18-16(20)9-4-10-17(18)21;1-5-6(2,3)4;1-3-5-6-4-2/h1-11H;5H2,1-4H3;3-4,6H,1-2,5H2. The fourth-order valence-corrected chi connectivity index (χ4v) is 2.48. The average Bonchev–Trinajstić information content (AvgIpc) is 2.78. The summed E-state index contributed by atoms with van der Waals surface area (Å²) in [6.45, 7) is 16.7. The molecule has 0 heterocycles. The molecule has 0 saturated heterocycles. The molecule has 3 aromatic rings. The van der Waals surface area contributed by atoms with E-state index in [1.165, 1.54) is 30.7 Å². The van der Waals surface area contributed by atoms with Gasteiger partial charge in [0.25, 0.3) is 0 Å². The van der Waals surface area contributed by atoms with Crippen molar-refractivity contribution in [1.82, 2.24) is 5.32 Å². The molecule has 0 amide bonds. The van der Waals surface area contributed by atoms with Crippen LogP contribution in [0.2, 0.25) is 0 Å². The Hall–Kier alpha value is -3.27. The molecule has 33 heavy (non-hydrogen) atoms. The van der Waals surface area contributed by atoms with Gasteiger partial charge in [-0.15, -0.1) is 6.58 Å². The van der Waals surface area contributed by atoms with E-state index in [9.17, 15) is 13.2 Å². The third-order valence-corrected chi connectivity index (χ3v) is 4.77. The van der Waals surface area contributed by atoms with Crippen molar-refractivity contribution in [2.75, 3.05) is 6.54 Å². The lowest BCUT2D eigenvalue weighted by Crippen LogP contribution is -2.01. The quantitative estimate of drug-likeness (QED) is 0.301. The van der Waals surface area contributed by atoms with Gasteiger partial charge in [0, 0.05) is 12.1 Å². The number of halogens is 3. The predicted molar refractivity (Wildman–Crippen MR) is 135 cm³/mol. The molecule has 0 aliphatic carbocycles. The van der Waals surface area contributed by atoms with E-state index in [1.807, 2.05) is 0 Å². The topological polar surface area (TPSA) is 12.0 Å². The molecule has 0 aromatic heterocycles. The molecule has 0 fully saturated rings. The Morgan fingerprint density at radius 2 is 1.30 bits per heavy atom. The van der Waals surface area contributed by atoms with Crippen LogP contribution in [-0.4, -0.2) is 6.54 Å². The van der Waals surface area contributed by atoms with Crippen LogP contribution in [0, 0.1) is 22.9 Å². The fraction of sp³-hybridized carbons (Fsp3) is 0.241. The van der Waals surface area contributed by atoms with E-state index >= 15 is 0 Å². The fourth-order valence-electron chi connectivity index (χ4n) is 2.48. The highest BCUT2D eigenvalue weighted by molar-refractivity contribution is 5.73. The van der Waals surface area contributed by atoms with Crippen LogP contribution in [0.5, 0.6) is 0 Å². The zero-order valence-corrected chi connectivity index (χ0v) is 20.0. The highest BCUT2D eigenvalue weighted by Crippen LogP contribution is 2.30. The van der Waals surface area contributed by atoms with Crippen molar-refractivity contribution < 1.29 is 13.2 Å². The largest absolute Gasteiger partial charge is 0.388 e. The second kappa shape index (κ2) is 14.0. The molecule has 0 bridgehead atoms. The molecule has 0 aliphatic rings. The predicted octanol–water partition coefficient (Wildman–Crippen LogP) is 8.79. The van der Waals surface area contributed by atoms with Crippen molar-refractivity contribution in [2.24, 2.45) is 5.41 Å². The first-order chi connectivity index (χ1) is 15.6.